The first-order chi connectivity index (χ1) is 16.1. The molecule has 0 aromatic heterocycles. The van der Waals surface area contributed by atoms with Crippen molar-refractivity contribution < 1.29 is 19.2 Å². The van der Waals surface area contributed by atoms with Gasteiger partial charge in [0.1, 0.15) is 0 Å². The number of rotatable bonds is 20. The summed E-state index contributed by atoms with van der Waals surface area (Å²) >= 11 is 0. The van der Waals surface area contributed by atoms with Gasteiger partial charge in [-0.2, -0.15) is 0 Å². The molecule has 1 rings (SSSR count). The van der Waals surface area contributed by atoms with E-state index in [0.717, 1.165) is 19.3 Å². The first-order valence-corrected chi connectivity index (χ1v) is 13.7. The smallest absolute Gasteiger partial charge is 0.330 e. The SMILES string of the molecule is C=CCCCCCCCC.CCCCCCCCCCCCCC(=O)ON1C(=O)CCC1=O. The van der Waals surface area contributed by atoms with Crippen molar-refractivity contribution in [3.63, 3.8) is 0 Å². The summed E-state index contributed by atoms with van der Waals surface area (Å²) < 4.78 is 0. The van der Waals surface area contributed by atoms with Crippen LogP contribution in [-0.2, 0) is 19.2 Å². The lowest BCUT2D eigenvalue weighted by molar-refractivity contribution is -0.197. The van der Waals surface area contributed by atoms with Gasteiger partial charge in [-0.25, -0.2) is 4.79 Å². The third-order valence-corrected chi connectivity index (χ3v) is 5.95. The van der Waals surface area contributed by atoms with Gasteiger partial charge in [0.2, 0.25) is 0 Å². The molecule has 2 amide bonds. The first kappa shape index (κ1) is 31.4. The van der Waals surface area contributed by atoms with Crippen LogP contribution in [-0.4, -0.2) is 22.8 Å². The molecule has 1 saturated heterocycles. The molecule has 0 spiro atoms. The molecule has 1 fully saturated rings. The molecule has 33 heavy (non-hydrogen) atoms. The molecule has 0 aromatic carbocycles. The highest BCUT2D eigenvalue weighted by molar-refractivity contribution is 6.01. The summed E-state index contributed by atoms with van der Waals surface area (Å²) in [5.74, 6) is -1.31. The Balaban J connectivity index is 0.000000861. The van der Waals surface area contributed by atoms with Crippen molar-refractivity contribution in [2.75, 3.05) is 0 Å². The lowest BCUT2D eigenvalue weighted by atomic mass is 10.1. The largest absolute Gasteiger partial charge is 0.333 e. The van der Waals surface area contributed by atoms with E-state index in [-0.39, 0.29) is 19.3 Å². The van der Waals surface area contributed by atoms with Gasteiger partial charge in [0.25, 0.3) is 11.8 Å². The Hall–Kier alpha value is -1.65. The van der Waals surface area contributed by atoms with Gasteiger partial charge in [0, 0.05) is 19.3 Å². The van der Waals surface area contributed by atoms with Crippen LogP contribution < -0.4 is 0 Å². The molecule has 0 N–H and O–H groups in total. The van der Waals surface area contributed by atoms with Crippen LogP contribution in [0.5, 0.6) is 0 Å². The van der Waals surface area contributed by atoms with Gasteiger partial charge in [0.05, 0.1) is 0 Å². The Kier molecular flexibility index (Phi) is 22.3. The average Bonchev–Trinajstić information content (AvgIpc) is 3.12. The minimum absolute atomic E-state index is 0.143. The van der Waals surface area contributed by atoms with Crippen molar-refractivity contribution in [1.82, 2.24) is 5.06 Å². The Labute approximate surface area is 203 Å². The van der Waals surface area contributed by atoms with Crippen molar-refractivity contribution in [3.8, 4) is 0 Å². The lowest BCUT2D eigenvalue weighted by Crippen LogP contribution is -2.31. The van der Waals surface area contributed by atoms with E-state index in [2.05, 4.69) is 20.4 Å². The zero-order chi connectivity index (χ0) is 24.6. The fraction of sp³-hybridized carbons (Fsp3) is 0.821. The maximum atomic E-state index is 11.6. The Morgan fingerprint density at radius 1 is 0.727 bits per heavy atom. The minimum atomic E-state index is -0.482. The summed E-state index contributed by atoms with van der Waals surface area (Å²) in [5, 5.41) is 0.626. The minimum Gasteiger partial charge on any atom is -0.330 e. The summed E-state index contributed by atoms with van der Waals surface area (Å²) in [6, 6.07) is 0. The van der Waals surface area contributed by atoms with Gasteiger partial charge in [-0.05, 0) is 19.3 Å². The second kappa shape index (κ2) is 23.5. The van der Waals surface area contributed by atoms with Gasteiger partial charge >= 0.3 is 5.97 Å². The summed E-state index contributed by atoms with van der Waals surface area (Å²) in [4.78, 5) is 39.0. The number of unbranched alkanes of at least 4 members (excludes halogenated alkanes) is 16. The predicted molar refractivity (Wildman–Crippen MR) is 136 cm³/mol. The van der Waals surface area contributed by atoms with Crippen molar-refractivity contribution >= 4 is 17.8 Å². The van der Waals surface area contributed by atoms with E-state index in [1.165, 1.54) is 96.3 Å². The van der Waals surface area contributed by atoms with Gasteiger partial charge in [-0.1, -0.05) is 116 Å². The quantitative estimate of drug-likeness (QED) is 0.103. The fourth-order valence-electron chi connectivity index (χ4n) is 3.81. The van der Waals surface area contributed by atoms with E-state index in [9.17, 15) is 14.4 Å². The number of nitrogens with zero attached hydrogens (tertiary/aromatic N) is 1. The number of carbonyl (C=O) groups excluding carboxylic acids is 3. The predicted octanol–water partition coefficient (Wildman–Crippen LogP) is 8.22. The van der Waals surface area contributed by atoms with Crippen molar-refractivity contribution in [1.29, 1.82) is 0 Å². The number of hydrogen-bond donors (Lipinski definition) is 0. The zero-order valence-corrected chi connectivity index (χ0v) is 21.7. The van der Waals surface area contributed by atoms with Crippen molar-refractivity contribution in [2.45, 2.75) is 149 Å². The summed E-state index contributed by atoms with van der Waals surface area (Å²) in [5.41, 5.74) is 0. The van der Waals surface area contributed by atoms with Crippen LogP contribution in [0.25, 0.3) is 0 Å². The Morgan fingerprint density at radius 2 is 1.12 bits per heavy atom. The normalized spacial score (nSPS) is 13.1. The molecule has 0 aromatic rings. The van der Waals surface area contributed by atoms with Gasteiger partial charge < -0.3 is 4.84 Å². The molecule has 5 nitrogen and oxygen atoms in total. The molecule has 0 unspecified atom stereocenters. The van der Waals surface area contributed by atoms with E-state index in [1.54, 1.807) is 0 Å². The highest BCUT2D eigenvalue weighted by Gasteiger charge is 2.32. The number of allylic oxidation sites excluding steroid dienone is 1. The summed E-state index contributed by atoms with van der Waals surface area (Å²) in [6.07, 6.45) is 25.5. The monoisotopic (exact) mass is 465 g/mol. The third kappa shape index (κ3) is 19.5. The van der Waals surface area contributed by atoms with Crippen LogP contribution >= 0.6 is 0 Å². The van der Waals surface area contributed by atoms with Crippen molar-refractivity contribution in [2.24, 2.45) is 0 Å². The molecular weight excluding hydrogens is 414 g/mol. The molecule has 0 bridgehead atoms. The second-order valence-corrected chi connectivity index (χ2v) is 9.18. The van der Waals surface area contributed by atoms with E-state index >= 15 is 0 Å². The molecule has 0 saturated carbocycles. The standard InChI is InChI=1S/C18H31NO4.C10H20/c1-2-3-4-5-6-7-8-9-10-11-12-13-18(22)23-19-16(20)14-15-17(19)21;1-3-5-7-9-10-8-6-4-2/h2-15H2,1H3;3H,1,4-10H2,2H3. The summed E-state index contributed by atoms with van der Waals surface area (Å²) in [7, 11) is 0. The molecule has 0 atom stereocenters. The molecule has 5 heteroatoms. The topological polar surface area (TPSA) is 63.7 Å². The number of imide groups is 1. The highest BCUT2D eigenvalue weighted by Crippen LogP contribution is 2.15. The molecule has 0 aliphatic carbocycles. The molecule has 1 aliphatic heterocycles. The first-order valence-electron chi connectivity index (χ1n) is 13.7. The van der Waals surface area contributed by atoms with Crippen LogP contribution in [0.15, 0.2) is 12.7 Å². The van der Waals surface area contributed by atoms with Gasteiger partial charge in [0.15, 0.2) is 0 Å². The van der Waals surface area contributed by atoms with Crippen LogP contribution in [0.4, 0.5) is 0 Å². The molecular formula is C28H51NO4. The number of hydrogen-bond acceptors (Lipinski definition) is 4. The van der Waals surface area contributed by atoms with Gasteiger partial charge in [-0.3, -0.25) is 9.59 Å². The molecule has 192 valence electrons. The van der Waals surface area contributed by atoms with E-state index in [0.29, 0.717) is 5.06 Å². The average molecular weight is 466 g/mol. The van der Waals surface area contributed by atoms with E-state index in [4.69, 9.17) is 4.84 Å². The van der Waals surface area contributed by atoms with Crippen LogP contribution in [0, 0.1) is 0 Å². The zero-order valence-electron chi connectivity index (χ0n) is 21.7. The van der Waals surface area contributed by atoms with Crippen molar-refractivity contribution in [3.05, 3.63) is 12.7 Å². The highest BCUT2D eigenvalue weighted by atomic mass is 16.7. The second-order valence-electron chi connectivity index (χ2n) is 9.18. The fourth-order valence-corrected chi connectivity index (χ4v) is 3.81. The molecule has 1 aliphatic rings. The number of hydroxylamine groups is 2. The molecule has 1 heterocycles. The van der Waals surface area contributed by atoms with Crippen LogP contribution in [0.1, 0.15) is 149 Å². The number of amides is 2. The van der Waals surface area contributed by atoms with Crippen LogP contribution in [0.3, 0.4) is 0 Å². The maximum Gasteiger partial charge on any atom is 0.333 e. The lowest BCUT2D eigenvalue weighted by Gasteiger charge is -2.12. The third-order valence-electron chi connectivity index (χ3n) is 5.95. The maximum absolute atomic E-state index is 11.6. The molecule has 0 radical (unpaired) electrons. The number of carbonyl (C=O) groups is 3. The van der Waals surface area contributed by atoms with Gasteiger partial charge in [-0.15, -0.1) is 11.6 Å². The van der Waals surface area contributed by atoms with E-state index in [1.807, 2.05) is 6.08 Å². The summed E-state index contributed by atoms with van der Waals surface area (Å²) in [6.45, 7) is 8.18. The Bertz CT molecular complexity index is 502. The van der Waals surface area contributed by atoms with E-state index < -0.39 is 17.8 Å². The van der Waals surface area contributed by atoms with Crippen LogP contribution in [0.2, 0.25) is 0 Å². The Morgan fingerprint density at radius 3 is 1.55 bits per heavy atom.